The van der Waals surface area contributed by atoms with E-state index in [1.165, 1.54) is 4.90 Å². The number of carbonyl (C=O) groups is 1. The number of β-amino-alcohol motifs (C(OH)–C–C–N with tert-alkyl or cyclic N) is 2. The van der Waals surface area contributed by atoms with Crippen LogP contribution in [0.25, 0.3) is 0 Å². The SMILES string of the molecule is CNC(C)c1ccc(NC(=O)N2CC(O)C(O)C2)cc1. The third-order valence-corrected chi connectivity index (χ3v) is 3.64. The van der Waals surface area contributed by atoms with Crippen molar-refractivity contribution < 1.29 is 15.0 Å². The number of benzene rings is 1. The highest BCUT2D eigenvalue weighted by Crippen LogP contribution is 2.17. The van der Waals surface area contributed by atoms with E-state index in [2.05, 4.69) is 17.6 Å². The number of likely N-dealkylation sites (tertiary alicyclic amines) is 1. The summed E-state index contributed by atoms with van der Waals surface area (Å²) in [5, 5.41) is 24.8. The van der Waals surface area contributed by atoms with Crippen molar-refractivity contribution in [1.82, 2.24) is 10.2 Å². The van der Waals surface area contributed by atoms with Gasteiger partial charge in [0.15, 0.2) is 0 Å². The van der Waals surface area contributed by atoms with E-state index < -0.39 is 12.2 Å². The van der Waals surface area contributed by atoms with Crippen molar-refractivity contribution in [2.75, 3.05) is 25.5 Å². The smallest absolute Gasteiger partial charge is 0.322 e. The second-order valence-electron chi connectivity index (χ2n) is 5.10. The molecule has 1 aromatic rings. The van der Waals surface area contributed by atoms with Crippen LogP contribution in [0.15, 0.2) is 24.3 Å². The molecule has 0 spiro atoms. The van der Waals surface area contributed by atoms with E-state index in [-0.39, 0.29) is 25.2 Å². The van der Waals surface area contributed by atoms with Crippen LogP contribution in [-0.2, 0) is 0 Å². The Bertz CT molecular complexity index is 453. The number of carbonyl (C=O) groups excluding carboxylic acids is 1. The fourth-order valence-electron chi connectivity index (χ4n) is 2.16. The Morgan fingerprint density at radius 2 is 1.80 bits per heavy atom. The Hall–Kier alpha value is -1.63. The highest BCUT2D eigenvalue weighted by molar-refractivity contribution is 5.89. The Morgan fingerprint density at radius 3 is 2.30 bits per heavy atom. The van der Waals surface area contributed by atoms with Crippen molar-refractivity contribution in [1.29, 1.82) is 0 Å². The van der Waals surface area contributed by atoms with Crippen molar-refractivity contribution in [2.45, 2.75) is 25.2 Å². The molecule has 1 aromatic carbocycles. The van der Waals surface area contributed by atoms with Crippen molar-refractivity contribution >= 4 is 11.7 Å². The zero-order valence-corrected chi connectivity index (χ0v) is 11.7. The molecule has 2 rings (SSSR count). The number of urea groups is 1. The molecule has 1 aliphatic heterocycles. The van der Waals surface area contributed by atoms with Crippen LogP contribution < -0.4 is 10.6 Å². The molecular formula is C14H21N3O3. The maximum absolute atomic E-state index is 12.0. The zero-order valence-electron chi connectivity index (χ0n) is 11.7. The number of hydrogen-bond acceptors (Lipinski definition) is 4. The Morgan fingerprint density at radius 1 is 1.25 bits per heavy atom. The van der Waals surface area contributed by atoms with Crippen LogP contribution in [0.1, 0.15) is 18.5 Å². The summed E-state index contributed by atoms with van der Waals surface area (Å²) in [5.41, 5.74) is 1.83. The molecule has 3 unspecified atom stereocenters. The molecule has 20 heavy (non-hydrogen) atoms. The molecular weight excluding hydrogens is 258 g/mol. The lowest BCUT2D eigenvalue weighted by molar-refractivity contribution is 0.0572. The summed E-state index contributed by atoms with van der Waals surface area (Å²) in [5.74, 6) is 0. The molecule has 1 saturated heterocycles. The summed E-state index contributed by atoms with van der Waals surface area (Å²) in [6, 6.07) is 7.52. The number of aliphatic hydroxyl groups is 2. The van der Waals surface area contributed by atoms with Gasteiger partial charge in [-0.05, 0) is 31.7 Å². The molecule has 3 atom stereocenters. The number of amides is 2. The van der Waals surface area contributed by atoms with Crippen molar-refractivity contribution in [2.24, 2.45) is 0 Å². The predicted octanol–water partition coefficient (Wildman–Crippen LogP) is 0.536. The largest absolute Gasteiger partial charge is 0.388 e. The van der Waals surface area contributed by atoms with E-state index in [4.69, 9.17) is 0 Å². The lowest BCUT2D eigenvalue weighted by Gasteiger charge is -2.17. The summed E-state index contributed by atoms with van der Waals surface area (Å²) in [6.45, 7) is 2.37. The third kappa shape index (κ3) is 3.27. The maximum atomic E-state index is 12.0. The Balaban J connectivity index is 1.95. The average molecular weight is 279 g/mol. The predicted molar refractivity (Wildman–Crippen MR) is 76.5 cm³/mol. The summed E-state index contributed by atoms with van der Waals surface area (Å²) in [7, 11) is 1.89. The lowest BCUT2D eigenvalue weighted by Crippen LogP contribution is -2.33. The van der Waals surface area contributed by atoms with Crippen LogP contribution in [0, 0.1) is 0 Å². The van der Waals surface area contributed by atoms with Gasteiger partial charge in [0.05, 0.1) is 25.3 Å². The van der Waals surface area contributed by atoms with Gasteiger partial charge < -0.3 is 25.7 Å². The minimum absolute atomic E-state index is 0.155. The first-order valence-corrected chi connectivity index (χ1v) is 6.70. The molecule has 110 valence electrons. The number of rotatable bonds is 3. The number of hydrogen-bond donors (Lipinski definition) is 4. The normalized spacial score (nSPS) is 23.7. The molecule has 6 heteroatoms. The first kappa shape index (κ1) is 14.8. The van der Waals surface area contributed by atoms with Crippen molar-refractivity contribution in [3.8, 4) is 0 Å². The van der Waals surface area contributed by atoms with Gasteiger partial charge in [-0.3, -0.25) is 0 Å². The van der Waals surface area contributed by atoms with Crippen molar-refractivity contribution in [3.63, 3.8) is 0 Å². The summed E-state index contributed by atoms with van der Waals surface area (Å²) < 4.78 is 0. The monoisotopic (exact) mass is 279 g/mol. The van der Waals surface area contributed by atoms with Crippen LogP contribution in [0.2, 0.25) is 0 Å². The Labute approximate surface area is 118 Å². The maximum Gasteiger partial charge on any atom is 0.322 e. The summed E-state index contributed by atoms with van der Waals surface area (Å²) >= 11 is 0. The molecule has 1 fully saturated rings. The minimum atomic E-state index is -0.861. The number of aliphatic hydroxyl groups excluding tert-OH is 2. The van der Waals surface area contributed by atoms with Gasteiger partial charge in [0, 0.05) is 11.7 Å². The number of nitrogens with one attached hydrogen (secondary N) is 2. The van der Waals surface area contributed by atoms with E-state index in [1.54, 1.807) is 0 Å². The van der Waals surface area contributed by atoms with Gasteiger partial charge in [-0.2, -0.15) is 0 Å². The second kappa shape index (κ2) is 6.21. The van der Waals surface area contributed by atoms with E-state index in [1.807, 2.05) is 31.3 Å². The molecule has 0 aromatic heterocycles. The summed E-state index contributed by atoms with van der Waals surface area (Å²) in [6.07, 6.45) is -1.72. The van der Waals surface area contributed by atoms with Crippen LogP contribution in [0.5, 0.6) is 0 Å². The molecule has 0 radical (unpaired) electrons. The second-order valence-corrected chi connectivity index (χ2v) is 5.10. The first-order valence-electron chi connectivity index (χ1n) is 6.70. The molecule has 6 nitrogen and oxygen atoms in total. The Kier molecular flexibility index (Phi) is 4.59. The topological polar surface area (TPSA) is 84.8 Å². The highest BCUT2D eigenvalue weighted by atomic mass is 16.3. The third-order valence-electron chi connectivity index (χ3n) is 3.64. The fourth-order valence-corrected chi connectivity index (χ4v) is 2.16. The molecule has 2 amide bonds. The minimum Gasteiger partial charge on any atom is -0.388 e. The van der Waals surface area contributed by atoms with Gasteiger partial charge in [0.2, 0.25) is 0 Å². The van der Waals surface area contributed by atoms with Crippen LogP contribution in [0.3, 0.4) is 0 Å². The van der Waals surface area contributed by atoms with Crippen LogP contribution in [-0.4, -0.2) is 53.5 Å². The van der Waals surface area contributed by atoms with Crippen LogP contribution >= 0.6 is 0 Å². The molecule has 1 aliphatic rings. The van der Waals surface area contributed by atoms with E-state index in [0.29, 0.717) is 5.69 Å². The fraction of sp³-hybridized carbons (Fsp3) is 0.500. The van der Waals surface area contributed by atoms with Gasteiger partial charge in [0.25, 0.3) is 0 Å². The first-order chi connectivity index (χ1) is 9.51. The van der Waals surface area contributed by atoms with Gasteiger partial charge in [0.1, 0.15) is 0 Å². The van der Waals surface area contributed by atoms with E-state index >= 15 is 0 Å². The highest BCUT2D eigenvalue weighted by Gasteiger charge is 2.32. The molecule has 4 N–H and O–H groups in total. The van der Waals surface area contributed by atoms with Gasteiger partial charge in [-0.25, -0.2) is 4.79 Å². The summed E-state index contributed by atoms with van der Waals surface area (Å²) in [4.78, 5) is 13.4. The van der Waals surface area contributed by atoms with Gasteiger partial charge in [-0.15, -0.1) is 0 Å². The standard InChI is InChI=1S/C14H21N3O3/c1-9(15-2)10-3-5-11(6-4-10)16-14(20)17-7-12(18)13(19)8-17/h3-6,9,12-13,15,18-19H,7-8H2,1-2H3,(H,16,20). The average Bonchev–Trinajstić information content (AvgIpc) is 2.79. The number of anilines is 1. The molecule has 0 saturated carbocycles. The molecule has 1 heterocycles. The van der Waals surface area contributed by atoms with E-state index in [0.717, 1.165) is 5.56 Å². The van der Waals surface area contributed by atoms with E-state index in [9.17, 15) is 15.0 Å². The van der Waals surface area contributed by atoms with Gasteiger partial charge in [-0.1, -0.05) is 12.1 Å². The van der Waals surface area contributed by atoms with Crippen LogP contribution in [0.4, 0.5) is 10.5 Å². The zero-order chi connectivity index (χ0) is 14.7. The van der Waals surface area contributed by atoms with Gasteiger partial charge >= 0.3 is 6.03 Å². The lowest BCUT2D eigenvalue weighted by atomic mass is 10.1. The molecule has 0 bridgehead atoms. The quantitative estimate of drug-likeness (QED) is 0.650. The molecule has 0 aliphatic carbocycles. The number of nitrogens with zero attached hydrogens (tertiary/aromatic N) is 1. The van der Waals surface area contributed by atoms with Crippen molar-refractivity contribution in [3.05, 3.63) is 29.8 Å².